The summed E-state index contributed by atoms with van der Waals surface area (Å²) in [4.78, 5) is 16.5. The first-order valence-corrected chi connectivity index (χ1v) is 6.65. The first-order valence-electron chi connectivity index (χ1n) is 6.65. The van der Waals surface area contributed by atoms with E-state index in [1.54, 1.807) is 7.11 Å². The predicted molar refractivity (Wildman–Crippen MR) is 66.8 cm³/mol. The largest absolute Gasteiger partial charge is 0.372 e. The zero-order valence-electron chi connectivity index (χ0n) is 11.2. The van der Waals surface area contributed by atoms with Crippen molar-refractivity contribution in [2.24, 2.45) is 5.92 Å². The van der Waals surface area contributed by atoms with E-state index in [0.717, 1.165) is 19.5 Å². The summed E-state index contributed by atoms with van der Waals surface area (Å²) in [6, 6.07) is 0.686. The van der Waals surface area contributed by atoms with Gasteiger partial charge in [0.2, 0.25) is 0 Å². The number of fused-ring (bicyclic) bond motifs is 1. The monoisotopic (exact) mass is 240 g/mol. The number of rotatable bonds is 2. The van der Waals surface area contributed by atoms with E-state index >= 15 is 0 Å². The second-order valence-electron chi connectivity index (χ2n) is 5.40. The fourth-order valence-corrected chi connectivity index (χ4v) is 3.21. The van der Waals surface area contributed by atoms with Gasteiger partial charge in [-0.05, 0) is 45.7 Å². The Bertz CT molecular complexity index is 283. The molecule has 0 N–H and O–H groups in total. The Hall–Kier alpha value is -0.610. The maximum Gasteiger partial charge on any atom is 0.251 e. The van der Waals surface area contributed by atoms with Gasteiger partial charge in [-0.25, -0.2) is 0 Å². The third-order valence-electron chi connectivity index (χ3n) is 4.36. The zero-order valence-corrected chi connectivity index (χ0v) is 11.2. The van der Waals surface area contributed by atoms with E-state index in [4.69, 9.17) is 4.74 Å². The summed E-state index contributed by atoms with van der Waals surface area (Å²) in [5.74, 6) is 0.815. The van der Waals surface area contributed by atoms with E-state index < -0.39 is 0 Å². The van der Waals surface area contributed by atoms with Crippen molar-refractivity contribution in [1.29, 1.82) is 0 Å². The lowest BCUT2D eigenvalue weighted by atomic mass is 9.84. The summed E-state index contributed by atoms with van der Waals surface area (Å²) in [6.07, 6.45) is 3.34. The lowest BCUT2D eigenvalue weighted by Gasteiger charge is -2.46. The fraction of sp³-hybridized carbons (Fsp3) is 0.923. The highest BCUT2D eigenvalue weighted by molar-refractivity contribution is 5.80. The molecule has 0 aromatic carbocycles. The number of ether oxygens (including phenoxy) is 1. The third-order valence-corrected chi connectivity index (χ3v) is 4.36. The normalized spacial score (nSPS) is 32.1. The standard InChI is InChI=1S/C13H24N2O2/c1-10(17-3)13(16)15-8-6-12-11(9-15)5-4-7-14(12)2/h10-12H,4-9H2,1-3H3. The van der Waals surface area contributed by atoms with Crippen LogP contribution in [0, 0.1) is 5.92 Å². The second-order valence-corrected chi connectivity index (χ2v) is 5.40. The first kappa shape index (κ1) is 12.8. The molecule has 2 fully saturated rings. The van der Waals surface area contributed by atoms with Crippen LogP contribution >= 0.6 is 0 Å². The maximum absolute atomic E-state index is 12.1. The van der Waals surface area contributed by atoms with E-state index in [1.165, 1.54) is 19.4 Å². The number of likely N-dealkylation sites (tertiary alicyclic amines) is 2. The average Bonchev–Trinajstić information content (AvgIpc) is 2.37. The Morgan fingerprint density at radius 3 is 2.82 bits per heavy atom. The molecule has 4 heteroatoms. The molecule has 0 aliphatic carbocycles. The molecule has 0 saturated carbocycles. The molecule has 3 atom stereocenters. The van der Waals surface area contributed by atoms with E-state index in [1.807, 2.05) is 11.8 Å². The van der Waals surface area contributed by atoms with Crippen molar-refractivity contribution in [3.05, 3.63) is 0 Å². The molecular weight excluding hydrogens is 216 g/mol. The number of hydrogen-bond acceptors (Lipinski definition) is 3. The van der Waals surface area contributed by atoms with Crippen molar-refractivity contribution in [1.82, 2.24) is 9.80 Å². The highest BCUT2D eigenvalue weighted by Crippen LogP contribution is 2.29. The van der Waals surface area contributed by atoms with Crippen molar-refractivity contribution in [2.45, 2.75) is 38.3 Å². The van der Waals surface area contributed by atoms with E-state index in [0.29, 0.717) is 12.0 Å². The number of nitrogens with zero attached hydrogens (tertiary/aromatic N) is 2. The summed E-state index contributed by atoms with van der Waals surface area (Å²) in [7, 11) is 3.82. The van der Waals surface area contributed by atoms with Gasteiger partial charge in [-0.1, -0.05) is 0 Å². The first-order chi connectivity index (χ1) is 8.13. The molecule has 0 aromatic rings. The van der Waals surface area contributed by atoms with Crippen molar-refractivity contribution < 1.29 is 9.53 Å². The number of carbonyl (C=O) groups is 1. The number of carbonyl (C=O) groups excluding carboxylic acids is 1. The topological polar surface area (TPSA) is 32.8 Å². The van der Waals surface area contributed by atoms with Gasteiger partial charge in [-0.2, -0.15) is 0 Å². The minimum absolute atomic E-state index is 0.152. The van der Waals surface area contributed by atoms with E-state index in [-0.39, 0.29) is 12.0 Å². The summed E-state index contributed by atoms with van der Waals surface area (Å²) in [5.41, 5.74) is 0. The molecular formula is C13H24N2O2. The highest BCUT2D eigenvalue weighted by Gasteiger charge is 2.36. The quantitative estimate of drug-likeness (QED) is 0.721. The second kappa shape index (κ2) is 5.36. The Labute approximate surface area is 104 Å². The van der Waals surface area contributed by atoms with Crippen LogP contribution in [-0.2, 0) is 9.53 Å². The molecule has 1 amide bonds. The van der Waals surface area contributed by atoms with Crippen LogP contribution in [0.2, 0.25) is 0 Å². The number of methoxy groups -OCH3 is 1. The lowest BCUT2D eigenvalue weighted by Crippen LogP contribution is -2.55. The van der Waals surface area contributed by atoms with Crippen LogP contribution in [0.5, 0.6) is 0 Å². The zero-order chi connectivity index (χ0) is 12.4. The highest BCUT2D eigenvalue weighted by atomic mass is 16.5. The number of amides is 1. The maximum atomic E-state index is 12.1. The molecule has 17 heavy (non-hydrogen) atoms. The van der Waals surface area contributed by atoms with Crippen LogP contribution in [0.15, 0.2) is 0 Å². The molecule has 2 heterocycles. The molecule has 0 aromatic heterocycles. The van der Waals surface area contributed by atoms with Gasteiger partial charge in [-0.3, -0.25) is 4.79 Å². The minimum Gasteiger partial charge on any atom is -0.372 e. The van der Waals surface area contributed by atoms with Gasteiger partial charge in [-0.15, -0.1) is 0 Å². The number of hydrogen-bond donors (Lipinski definition) is 0. The Balaban J connectivity index is 1.95. The van der Waals surface area contributed by atoms with Crippen LogP contribution in [0.3, 0.4) is 0 Å². The SMILES string of the molecule is COC(C)C(=O)N1CCC2C(CCCN2C)C1. The van der Waals surface area contributed by atoms with Gasteiger partial charge >= 0.3 is 0 Å². The Kier molecular flexibility index (Phi) is 4.05. The molecule has 2 rings (SSSR count). The molecule has 0 radical (unpaired) electrons. The van der Waals surface area contributed by atoms with Crippen LogP contribution in [-0.4, -0.2) is 61.6 Å². The van der Waals surface area contributed by atoms with Crippen molar-refractivity contribution in [2.75, 3.05) is 33.8 Å². The fourth-order valence-electron chi connectivity index (χ4n) is 3.21. The smallest absolute Gasteiger partial charge is 0.251 e. The summed E-state index contributed by atoms with van der Waals surface area (Å²) < 4.78 is 5.12. The van der Waals surface area contributed by atoms with Crippen molar-refractivity contribution in [3.8, 4) is 0 Å². The molecule has 2 saturated heterocycles. The van der Waals surface area contributed by atoms with Gasteiger partial charge in [0.15, 0.2) is 0 Å². The van der Waals surface area contributed by atoms with Crippen molar-refractivity contribution in [3.63, 3.8) is 0 Å². The Morgan fingerprint density at radius 2 is 2.12 bits per heavy atom. The molecule has 2 aliphatic rings. The van der Waals surface area contributed by atoms with Gasteiger partial charge in [0, 0.05) is 26.2 Å². The minimum atomic E-state index is -0.298. The van der Waals surface area contributed by atoms with Gasteiger partial charge in [0.25, 0.3) is 5.91 Å². The van der Waals surface area contributed by atoms with E-state index in [2.05, 4.69) is 11.9 Å². The van der Waals surface area contributed by atoms with Crippen LogP contribution in [0.25, 0.3) is 0 Å². The van der Waals surface area contributed by atoms with Crippen LogP contribution < -0.4 is 0 Å². The van der Waals surface area contributed by atoms with Gasteiger partial charge < -0.3 is 14.5 Å². The molecule has 4 nitrogen and oxygen atoms in total. The molecule has 3 unspecified atom stereocenters. The van der Waals surface area contributed by atoms with Crippen molar-refractivity contribution >= 4 is 5.91 Å². The van der Waals surface area contributed by atoms with E-state index in [9.17, 15) is 4.79 Å². The molecule has 0 bridgehead atoms. The lowest BCUT2D eigenvalue weighted by molar-refractivity contribution is -0.144. The Morgan fingerprint density at radius 1 is 1.35 bits per heavy atom. The molecule has 2 aliphatic heterocycles. The average molecular weight is 240 g/mol. The molecule has 0 spiro atoms. The summed E-state index contributed by atoms with van der Waals surface area (Å²) in [6.45, 7) is 4.85. The predicted octanol–water partition coefficient (Wildman–Crippen LogP) is 0.964. The third kappa shape index (κ3) is 2.63. The van der Waals surface area contributed by atoms with Crippen LogP contribution in [0.1, 0.15) is 26.2 Å². The van der Waals surface area contributed by atoms with Gasteiger partial charge in [0.05, 0.1) is 0 Å². The summed E-state index contributed by atoms with van der Waals surface area (Å²) >= 11 is 0. The molecule has 98 valence electrons. The number of piperidine rings is 2. The van der Waals surface area contributed by atoms with Gasteiger partial charge in [0.1, 0.15) is 6.10 Å². The van der Waals surface area contributed by atoms with Crippen LogP contribution in [0.4, 0.5) is 0 Å². The summed E-state index contributed by atoms with van der Waals surface area (Å²) in [5, 5.41) is 0.